The Kier molecular flexibility index (Phi) is 3.30. The van der Waals surface area contributed by atoms with Crippen LogP contribution >= 0.6 is 0 Å². The van der Waals surface area contributed by atoms with Gasteiger partial charge in [0.25, 0.3) is 0 Å². The Labute approximate surface area is 113 Å². The number of fused-ring (bicyclic) bond motifs is 1. The summed E-state index contributed by atoms with van der Waals surface area (Å²) in [6.07, 6.45) is 1.76. The van der Waals surface area contributed by atoms with Crippen LogP contribution in [0.4, 0.5) is 0 Å². The Bertz CT molecular complexity index is 615. The summed E-state index contributed by atoms with van der Waals surface area (Å²) in [6.45, 7) is 3.99. The molecule has 1 unspecified atom stereocenters. The molecule has 19 heavy (non-hydrogen) atoms. The van der Waals surface area contributed by atoms with E-state index in [-0.39, 0.29) is 5.78 Å². The normalized spacial score (nSPS) is 18.9. The Morgan fingerprint density at radius 1 is 1.37 bits per heavy atom. The molecule has 3 rings (SSSR count). The number of ketones is 1. The molecule has 1 aromatic heterocycles. The van der Waals surface area contributed by atoms with E-state index in [0.717, 1.165) is 41.7 Å². The van der Waals surface area contributed by atoms with Crippen LogP contribution in [-0.4, -0.2) is 23.9 Å². The van der Waals surface area contributed by atoms with Crippen molar-refractivity contribution in [2.24, 2.45) is 5.92 Å². The molecular formula is C16H18N2O. The first-order chi connectivity index (χ1) is 9.22. The van der Waals surface area contributed by atoms with Crippen LogP contribution in [0.25, 0.3) is 10.9 Å². The number of rotatable bonds is 3. The van der Waals surface area contributed by atoms with Crippen molar-refractivity contribution in [2.45, 2.75) is 19.8 Å². The molecule has 0 radical (unpaired) electrons. The fourth-order valence-corrected chi connectivity index (χ4v) is 2.67. The first-order valence-corrected chi connectivity index (χ1v) is 6.84. The number of aryl methyl sites for hydroxylation is 1. The molecule has 0 spiro atoms. The molecule has 1 aromatic carbocycles. The van der Waals surface area contributed by atoms with Crippen molar-refractivity contribution in [3.63, 3.8) is 0 Å². The van der Waals surface area contributed by atoms with E-state index in [1.54, 1.807) is 0 Å². The van der Waals surface area contributed by atoms with Crippen LogP contribution in [-0.2, 0) is 0 Å². The number of aromatic nitrogens is 1. The molecule has 0 bridgehead atoms. The first kappa shape index (κ1) is 12.3. The summed E-state index contributed by atoms with van der Waals surface area (Å²) < 4.78 is 0. The lowest BCUT2D eigenvalue weighted by atomic mass is 9.97. The smallest absolute Gasteiger partial charge is 0.163 e. The second-order valence-corrected chi connectivity index (χ2v) is 5.35. The van der Waals surface area contributed by atoms with Gasteiger partial charge in [0.15, 0.2) is 5.78 Å². The molecule has 98 valence electrons. The molecule has 1 N–H and O–H groups in total. The number of carbonyl (C=O) groups excluding carboxylic acids is 1. The second-order valence-electron chi connectivity index (χ2n) is 5.35. The van der Waals surface area contributed by atoms with Crippen molar-refractivity contribution in [2.75, 3.05) is 13.1 Å². The standard InChI is InChI=1S/C16H18N2O/c1-11-2-3-13-9-14(4-5-15(13)18-11)16(19)8-12-6-7-17-10-12/h2-5,9,12,17H,6-8,10H2,1H3. The average molecular weight is 254 g/mol. The van der Waals surface area contributed by atoms with Gasteiger partial charge < -0.3 is 5.32 Å². The number of nitrogens with one attached hydrogen (secondary N) is 1. The fraction of sp³-hybridized carbons (Fsp3) is 0.375. The molecule has 1 aliphatic heterocycles. The highest BCUT2D eigenvalue weighted by molar-refractivity contribution is 5.99. The van der Waals surface area contributed by atoms with E-state index in [0.29, 0.717) is 12.3 Å². The zero-order chi connectivity index (χ0) is 13.2. The lowest BCUT2D eigenvalue weighted by Gasteiger charge is -2.08. The van der Waals surface area contributed by atoms with Gasteiger partial charge in [-0.25, -0.2) is 0 Å². The fourth-order valence-electron chi connectivity index (χ4n) is 2.67. The lowest BCUT2D eigenvalue weighted by molar-refractivity contribution is 0.0964. The number of nitrogens with zero attached hydrogens (tertiary/aromatic N) is 1. The average Bonchev–Trinajstić information content (AvgIpc) is 2.91. The minimum atomic E-state index is 0.246. The van der Waals surface area contributed by atoms with Gasteiger partial charge >= 0.3 is 0 Å². The van der Waals surface area contributed by atoms with Gasteiger partial charge in [-0.05, 0) is 56.6 Å². The van der Waals surface area contributed by atoms with Crippen LogP contribution in [0.2, 0.25) is 0 Å². The van der Waals surface area contributed by atoms with E-state index >= 15 is 0 Å². The van der Waals surface area contributed by atoms with Gasteiger partial charge in [-0.15, -0.1) is 0 Å². The molecule has 2 aromatic rings. The third-order valence-corrected chi connectivity index (χ3v) is 3.79. The monoisotopic (exact) mass is 254 g/mol. The minimum absolute atomic E-state index is 0.246. The molecular weight excluding hydrogens is 236 g/mol. The highest BCUT2D eigenvalue weighted by Gasteiger charge is 2.19. The third kappa shape index (κ3) is 2.66. The lowest BCUT2D eigenvalue weighted by Crippen LogP contribution is -2.12. The maximum Gasteiger partial charge on any atom is 0.163 e. The highest BCUT2D eigenvalue weighted by atomic mass is 16.1. The molecule has 3 nitrogen and oxygen atoms in total. The number of hydrogen-bond acceptors (Lipinski definition) is 3. The molecule has 0 aliphatic carbocycles. The number of carbonyl (C=O) groups is 1. The van der Waals surface area contributed by atoms with Crippen molar-refractivity contribution in [1.82, 2.24) is 10.3 Å². The quantitative estimate of drug-likeness (QED) is 0.856. The maximum absolute atomic E-state index is 12.3. The van der Waals surface area contributed by atoms with E-state index in [9.17, 15) is 4.79 Å². The van der Waals surface area contributed by atoms with Crippen molar-refractivity contribution >= 4 is 16.7 Å². The van der Waals surface area contributed by atoms with Gasteiger partial charge in [-0.1, -0.05) is 6.07 Å². The summed E-state index contributed by atoms with van der Waals surface area (Å²) in [6, 6.07) is 9.83. The maximum atomic E-state index is 12.3. The largest absolute Gasteiger partial charge is 0.316 e. The van der Waals surface area contributed by atoms with Crippen LogP contribution in [0.1, 0.15) is 28.9 Å². The molecule has 1 fully saturated rings. The summed E-state index contributed by atoms with van der Waals surface area (Å²) in [7, 11) is 0. The summed E-state index contributed by atoms with van der Waals surface area (Å²) in [4.78, 5) is 16.7. The molecule has 0 saturated carbocycles. The van der Waals surface area contributed by atoms with Gasteiger partial charge in [0.1, 0.15) is 0 Å². The highest BCUT2D eigenvalue weighted by Crippen LogP contribution is 2.19. The summed E-state index contributed by atoms with van der Waals surface area (Å²) in [5.41, 5.74) is 2.77. The van der Waals surface area contributed by atoms with Crippen LogP contribution in [0, 0.1) is 12.8 Å². The Hall–Kier alpha value is -1.74. The van der Waals surface area contributed by atoms with E-state index in [4.69, 9.17) is 0 Å². The molecule has 1 saturated heterocycles. The zero-order valence-electron chi connectivity index (χ0n) is 11.1. The minimum Gasteiger partial charge on any atom is -0.316 e. The van der Waals surface area contributed by atoms with Crippen LogP contribution in [0.3, 0.4) is 0 Å². The SMILES string of the molecule is Cc1ccc2cc(C(=O)CC3CCNC3)ccc2n1. The Morgan fingerprint density at radius 3 is 3.05 bits per heavy atom. The van der Waals surface area contributed by atoms with Gasteiger partial charge in [0.2, 0.25) is 0 Å². The van der Waals surface area contributed by atoms with Crippen molar-refractivity contribution in [1.29, 1.82) is 0 Å². The third-order valence-electron chi connectivity index (χ3n) is 3.79. The van der Waals surface area contributed by atoms with Crippen LogP contribution < -0.4 is 5.32 Å². The predicted octanol–water partition coefficient (Wildman–Crippen LogP) is 2.73. The van der Waals surface area contributed by atoms with Gasteiger partial charge in [0, 0.05) is 23.1 Å². The van der Waals surface area contributed by atoms with Gasteiger partial charge in [0.05, 0.1) is 5.52 Å². The summed E-state index contributed by atoms with van der Waals surface area (Å²) >= 11 is 0. The van der Waals surface area contributed by atoms with Crippen LogP contribution in [0.15, 0.2) is 30.3 Å². The van der Waals surface area contributed by atoms with Crippen molar-refractivity contribution in [3.05, 3.63) is 41.6 Å². The van der Waals surface area contributed by atoms with E-state index in [1.807, 2.05) is 37.3 Å². The van der Waals surface area contributed by atoms with Gasteiger partial charge in [-0.3, -0.25) is 9.78 Å². The molecule has 2 heterocycles. The van der Waals surface area contributed by atoms with Crippen molar-refractivity contribution < 1.29 is 4.79 Å². The predicted molar refractivity (Wildman–Crippen MR) is 76.4 cm³/mol. The number of Topliss-reactive ketones (excluding diaryl/α,β-unsaturated/α-hetero) is 1. The molecule has 1 atom stereocenters. The van der Waals surface area contributed by atoms with Crippen LogP contribution in [0.5, 0.6) is 0 Å². The Morgan fingerprint density at radius 2 is 2.26 bits per heavy atom. The second kappa shape index (κ2) is 5.10. The molecule has 1 aliphatic rings. The molecule has 0 amide bonds. The van der Waals surface area contributed by atoms with E-state index in [1.165, 1.54) is 0 Å². The van der Waals surface area contributed by atoms with Gasteiger partial charge in [-0.2, -0.15) is 0 Å². The van der Waals surface area contributed by atoms with E-state index < -0.39 is 0 Å². The zero-order valence-corrected chi connectivity index (χ0v) is 11.1. The topological polar surface area (TPSA) is 42.0 Å². The first-order valence-electron chi connectivity index (χ1n) is 6.84. The summed E-state index contributed by atoms with van der Waals surface area (Å²) in [5.74, 6) is 0.746. The Balaban J connectivity index is 1.83. The number of pyridine rings is 1. The summed E-state index contributed by atoms with van der Waals surface area (Å²) in [5, 5.41) is 4.35. The molecule has 3 heteroatoms. The number of benzene rings is 1. The van der Waals surface area contributed by atoms with Crippen molar-refractivity contribution in [3.8, 4) is 0 Å². The number of hydrogen-bond donors (Lipinski definition) is 1. The van der Waals surface area contributed by atoms with E-state index in [2.05, 4.69) is 10.3 Å².